The van der Waals surface area contributed by atoms with Crippen LogP contribution in [0.4, 0.5) is 11.5 Å². The minimum Gasteiger partial charge on any atom is -0.263 e. The van der Waals surface area contributed by atoms with Crippen molar-refractivity contribution in [3.8, 4) is 0 Å². The predicted octanol–water partition coefficient (Wildman–Crippen LogP) is 2.75. The van der Waals surface area contributed by atoms with Gasteiger partial charge in [-0.2, -0.15) is 0 Å². The van der Waals surface area contributed by atoms with Crippen molar-refractivity contribution in [2.24, 2.45) is 0 Å². The number of rotatable bonds is 4. The van der Waals surface area contributed by atoms with Crippen molar-refractivity contribution >= 4 is 33.1 Å². The number of benzene rings is 1. The average molecular weight is 328 g/mol. The van der Waals surface area contributed by atoms with Gasteiger partial charge in [-0.05, 0) is 24.6 Å². The van der Waals surface area contributed by atoms with Gasteiger partial charge in [0.2, 0.25) is 0 Å². The Balaban J connectivity index is 2.44. The first-order chi connectivity index (χ1) is 9.79. The molecular weight excluding hydrogens is 318 g/mol. The van der Waals surface area contributed by atoms with Crippen LogP contribution in [-0.2, 0) is 10.0 Å². The van der Waals surface area contributed by atoms with E-state index in [-0.39, 0.29) is 21.6 Å². The number of nitrogens with zero attached hydrogens (tertiary/aromatic N) is 2. The van der Waals surface area contributed by atoms with Crippen LogP contribution in [0.15, 0.2) is 41.3 Å². The molecule has 0 radical (unpaired) electrons. The molecule has 0 saturated carbocycles. The summed E-state index contributed by atoms with van der Waals surface area (Å²) >= 11 is 5.68. The average Bonchev–Trinajstić information content (AvgIpc) is 2.38. The monoisotopic (exact) mass is 327 g/mol. The molecule has 0 aliphatic carbocycles. The van der Waals surface area contributed by atoms with E-state index in [4.69, 9.17) is 11.6 Å². The van der Waals surface area contributed by atoms with Gasteiger partial charge in [0.25, 0.3) is 15.7 Å². The number of aryl methyl sites for hydroxylation is 1. The van der Waals surface area contributed by atoms with Crippen molar-refractivity contribution in [1.82, 2.24) is 4.98 Å². The molecule has 0 amide bonds. The molecule has 0 aliphatic heterocycles. The molecule has 0 atom stereocenters. The highest BCUT2D eigenvalue weighted by molar-refractivity contribution is 7.92. The summed E-state index contributed by atoms with van der Waals surface area (Å²) in [5, 5.41) is 10.9. The fourth-order valence-electron chi connectivity index (χ4n) is 1.65. The maximum atomic E-state index is 12.3. The third-order valence-corrected chi connectivity index (χ3v) is 4.33. The van der Waals surface area contributed by atoms with Gasteiger partial charge in [0.1, 0.15) is 11.0 Å². The Morgan fingerprint density at radius 1 is 1.29 bits per heavy atom. The number of nitrogens with one attached hydrogen (secondary N) is 1. The van der Waals surface area contributed by atoms with Gasteiger partial charge in [0.15, 0.2) is 0 Å². The third-order valence-electron chi connectivity index (χ3n) is 2.63. The number of hydrogen-bond donors (Lipinski definition) is 1. The van der Waals surface area contributed by atoms with Crippen molar-refractivity contribution in [2.45, 2.75) is 11.8 Å². The normalized spacial score (nSPS) is 11.1. The number of aromatic nitrogens is 1. The number of nitro groups is 1. The molecule has 1 aromatic carbocycles. The van der Waals surface area contributed by atoms with E-state index < -0.39 is 14.9 Å². The van der Waals surface area contributed by atoms with Crippen LogP contribution in [0.3, 0.4) is 0 Å². The second kappa shape index (κ2) is 5.66. The van der Waals surface area contributed by atoms with Crippen LogP contribution in [0.2, 0.25) is 5.15 Å². The largest absolute Gasteiger partial charge is 0.270 e. The summed E-state index contributed by atoms with van der Waals surface area (Å²) in [6, 6.07) is 8.08. The third kappa shape index (κ3) is 3.47. The van der Waals surface area contributed by atoms with E-state index in [1.807, 2.05) is 0 Å². The second-order valence-electron chi connectivity index (χ2n) is 4.16. The molecule has 0 bridgehead atoms. The quantitative estimate of drug-likeness (QED) is 0.528. The number of non-ortho nitro benzene ring substituents is 1. The number of hydrogen-bond acceptors (Lipinski definition) is 5. The van der Waals surface area contributed by atoms with E-state index in [9.17, 15) is 18.5 Å². The molecule has 7 nitrogen and oxygen atoms in total. The molecule has 2 aromatic rings. The Labute approximate surface area is 125 Å². The van der Waals surface area contributed by atoms with Crippen LogP contribution >= 0.6 is 11.6 Å². The number of halogens is 1. The van der Waals surface area contributed by atoms with Crippen molar-refractivity contribution in [3.63, 3.8) is 0 Å². The van der Waals surface area contributed by atoms with Gasteiger partial charge < -0.3 is 0 Å². The molecule has 0 fully saturated rings. The van der Waals surface area contributed by atoms with Gasteiger partial charge in [-0.25, -0.2) is 13.4 Å². The summed E-state index contributed by atoms with van der Waals surface area (Å²) in [6.07, 6.45) is 0. The Morgan fingerprint density at radius 2 is 2.00 bits per heavy atom. The van der Waals surface area contributed by atoms with Gasteiger partial charge in [0.05, 0.1) is 9.82 Å². The molecule has 0 saturated heterocycles. The zero-order valence-electron chi connectivity index (χ0n) is 10.8. The Morgan fingerprint density at radius 3 is 2.62 bits per heavy atom. The van der Waals surface area contributed by atoms with Gasteiger partial charge in [-0.15, -0.1) is 0 Å². The fraction of sp³-hybridized carbons (Fsp3) is 0.0833. The Kier molecular flexibility index (Phi) is 4.10. The van der Waals surface area contributed by atoms with E-state index in [1.165, 1.54) is 30.3 Å². The maximum Gasteiger partial charge on any atom is 0.270 e. The highest BCUT2D eigenvalue weighted by Crippen LogP contribution is 2.23. The zero-order valence-corrected chi connectivity index (χ0v) is 12.4. The number of nitro benzene ring substituents is 1. The van der Waals surface area contributed by atoms with Gasteiger partial charge in [0, 0.05) is 12.1 Å². The molecule has 0 unspecified atom stereocenters. The lowest BCUT2D eigenvalue weighted by Gasteiger charge is -2.09. The smallest absolute Gasteiger partial charge is 0.263 e. The lowest BCUT2D eigenvalue weighted by molar-refractivity contribution is -0.385. The molecule has 9 heteroatoms. The number of sulfonamides is 1. The van der Waals surface area contributed by atoms with E-state index in [0.717, 1.165) is 6.07 Å². The minimum atomic E-state index is -3.99. The van der Waals surface area contributed by atoms with Crippen LogP contribution in [0.5, 0.6) is 0 Å². The van der Waals surface area contributed by atoms with Crippen LogP contribution < -0.4 is 4.72 Å². The van der Waals surface area contributed by atoms with Crippen LogP contribution in [0.1, 0.15) is 5.56 Å². The van der Waals surface area contributed by atoms with Crippen molar-refractivity contribution < 1.29 is 13.3 Å². The molecule has 1 N–H and O–H groups in total. The minimum absolute atomic E-state index is 0.0356. The fourth-order valence-corrected chi connectivity index (χ4v) is 3.08. The standard InChI is InChI=1S/C12H10ClN3O4S/c1-8-5-6-9(16(17)18)7-10(8)21(19,20)15-12-4-2-3-11(13)14-12/h2-7H,1H3,(H,14,15). The number of pyridine rings is 1. The maximum absolute atomic E-state index is 12.3. The topological polar surface area (TPSA) is 102 Å². The van der Waals surface area contributed by atoms with Crippen LogP contribution in [0.25, 0.3) is 0 Å². The summed E-state index contributed by atoms with van der Waals surface area (Å²) in [6.45, 7) is 1.55. The van der Waals surface area contributed by atoms with Crippen LogP contribution in [-0.4, -0.2) is 18.3 Å². The van der Waals surface area contributed by atoms with Crippen LogP contribution in [0, 0.1) is 17.0 Å². The summed E-state index contributed by atoms with van der Waals surface area (Å²) in [5.74, 6) is 0.0356. The SMILES string of the molecule is Cc1ccc([N+](=O)[O-])cc1S(=O)(=O)Nc1cccc(Cl)n1. The first kappa shape index (κ1) is 15.2. The Hall–Kier alpha value is -2.19. The molecular formula is C12H10ClN3O4S. The number of anilines is 1. The van der Waals surface area contributed by atoms with E-state index in [1.54, 1.807) is 6.92 Å². The zero-order chi connectivity index (χ0) is 15.6. The van der Waals surface area contributed by atoms with E-state index in [0.29, 0.717) is 5.56 Å². The molecule has 0 aliphatic rings. The van der Waals surface area contributed by atoms with Gasteiger partial charge in [-0.1, -0.05) is 23.7 Å². The molecule has 2 rings (SSSR count). The first-order valence-corrected chi connectivity index (χ1v) is 7.56. The molecule has 110 valence electrons. The summed E-state index contributed by atoms with van der Waals surface area (Å²) < 4.78 is 26.8. The summed E-state index contributed by atoms with van der Waals surface area (Å²) in [5.41, 5.74) is 0.0788. The van der Waals surface area contributed by atoms with Crippen molar-refractivity contribution in [1.29, 1.82) is 0 Å². The molecule has 1 heterocycles. The molecule has 1 aromatic heterocycles. The van der Waals surface area contributed by atoms with E-state index in [2.05, 4.69) is 9.71 Å². The molecule has 0 spiro atoms. The summed E-state index contributed by atoms with van der Waals surface area (Å²) in [4.78, 5) is 13.7. The first-order valence-electron chi connectivity index (χ1n) is 5.70. The van der Waals surface area contributed by atoms with Crippen molar-refractivity contribution in [3.05, 3.63) is 57.2 Å². The van der Waals surface area contributed by atoms with E-state index >= 15 is 0 Å². The lowest BCUT2D eigenvalue weighted by atomic mass is 10.2. The Bertz CT molecular complexity index is 808. The van der Waals surface area contributed by atoms with Gasteiger partial charge in [-0.3, -0.25) is 14.8 Å². The molecule has 21 heavy (non-hydrogen) atoms. The predicted molar refractivity (Wildman–Crippen MR) is 77.9 cm³/mol. The van der Waals surface area contributed by atoms with Crippen molar-refractivity contribution in [2.75, 3.05) is 4.72 Å². The lowest BCUT2D eigenvalue weighted by Crippen LogP contribution is -2.15. The second-order valence-corrected chi connectivity index (χ2v) is 6.20. The highest BCUT2D eigenvalue weighted by Gasteiger charge is 2.21. The van der Waals surface area contributed by atoms with Gasteiger partial charge >= 0.3 is 0 Å². The highest BCUT2D eigenvalue weighted by atomic mass is 35.5. The summed E-state index contributed by atoms with van der Waals surface area (Å²) in [7, 11) is -3.99.